The normalized spacial score (nSPS) is 11.2. The van der Waals surface area contributed by atoms with Crippen molar-refractivity contribution in [2.75, 3.05) is 28.4 Å². The molecule has 0 bridgehead atoms. The molecular weight excluding hydrogens is 386 g/mol. The summed E-state index contributed by atoms with van der Waals surface area (Å²) in [6, 6.07) is 10.7. The first-order valence-corrected chi connectivity index (χ1v) is 7.59. The average Bonchev–Trinajstić information content (AvgIpc) is 2.56. The molecule has 2 aromatic carbocycles. The van der Waals surface area contributed by atoms with Crippen molar-refractivity contribution in [1.82, 2.24) is 0 Å². The fourth-order valence-corrected chi connectivity index (χ4v) is 2.36. The van der Waals surface area contributed by atoms with Gasteiger partial charge in [-0.3, -0.25) is 0 Å². The second-order valence-electron chi connectivity index (χ2n) is 5.29. The van der Waals surface area contributed by atoms with Crippen LogP contribution in [0.1, 0.15) is 18.6 Å². The number of alkyl halides is 6. The van der Waals surface area contributed by atoms with Gasteiger partial charge in [-0.1, -0.05) is 68.1 Å². The second kappa shape index (κ2) is 12.4. The van der Waals surface area contributed by atoms with Crippen LogP contribution in [-0.4, -0.2) is 40.8 Å². The molecule has 0 atom stereocenters. The minimum absolute atomic E-state index is 0. The molecule has 0 amide bonds. The molecule has 0 spiro atoms. The van der Waals surface area contributed by atoms with Gasteiger partial charge in [0.2, 0.25) is 5.41 Å². The minimum atomic E-state index is -5.52. The van der Waals surface area contributed by atoms with Gasteiger partial charge in [-0.15, -0.1) is 0 Å². The van der Waals surface area contributed by atoms with Gasteiger partial charge in [0.1, 0.15) is 0 Å². The molecule has 28 heavy (non-hydrogen) atoms. The predicted octanol–water partition coefficient (Wildman–Crippen LogP) is 6.26. The van der Waals surface area contributed by atoms with Gasteiger partial charge in [0, 0.05) is 28.4 Å². The third-order valence-electron chi connectivity index (χ3n) is 3.26. The fourth-order valence-electron chi connectivity index (χ4n) is 2.36. The molecule has 0 aliphatic rings. The van der Waals surface area contributed by atoms with E-state index in [1.165, 1.54) is 12.1 Å². The molecular formula is C20H26F6O2. The Kier molecular flexibility index (Phi) is 12.5. The Labute approximate surface area is 162 Å². The van der Waals surface area contributed by atoms with E-state index >= 15 is 0 Å². The number of ether oxygens (including phenoxy) is 2. The molecule has 0 aliphatic heterocycles. The number of halogens is 6. The maximum absolute atomic E-state index is 13.5. The van der Waals surface area contributed by atoms with Crippen LogP contribution in [0.15, 0.2) is 60.7 Å². The smallest absolute Gasteiger partial charge is 0.388 e. The molecule has 0 unspecified atom stereocenters. The van der Waals surface area contributed by atoms with E-state index in [1.807, 2.05) is 0 Å². The van der Waals surface area contributed by atoms with Gasteiger partial charge in [0.05, 0.1) is 0 Å². The van der Waals surface area contributed by atoms with Crippen molar-refractivity contribution >= 4 is 0 Å². The SMILES string of the molecule is C.COC.COC.FC(F)(F)C(c1ccccc1)(c1ccccc1)C(F)(F)F. The van der Waals surface area contributed by atoms with E-state index in [9.17, 15) is 26.3 Å². The van der Waals surface area contributed by atoms with Gasteiger partial charge in [-0.25, -0.2) is 0 Å². The summed E-state index contributed by atoms with van der Waals surface area (Å²) in [5, 5.41) is 0. The predicted molar refractivity (Wildman–Crippen MR) is 98.4 cm³/mol. The molecule has 0 radical (unpaired) electrons. The number of methoxy groups -OCH3 is 2. The molecule has 2 aromatic rings. The fraction of sp³-hybridized carbons (Fsp3) is 0.400. The number of hydrogen-bond donors (Lipinski definition) is 0. The van der Waals surface area contributed by atoms with Crippen molar-refractivity contribution in [3.63, 3.8) is 0 Å². The Morgan fingerprint density at radius 2 is 0.750 bits per heavy atom. The van der Waals surface area contributed by atoms with Crippen LogP contribution in [0.25, 0.3) is 0 Å². The van der Waals surface area contributed by atoms with Gasteiger partial charge < -0.3 is 9.47 Å². The lowest BCUT2D eigenvalue weighted by Crippen LogP contribution is -2.54. The number of hydrogen-bond acceptors (Lipinski definition) is 2. The van der Waals surface area contributed by atoms with Crippen molar-refractivity contribution in [3.8, 4) is 0 Å². The van der Waals surface area contributed by atoms with Gasteiger partial charge in [-0.2, -0.15) is 26.3 Å². The van der Waals surface area contributed by atoms with Gasteiger partial charge >= 0.3 is 12.4 Å². The molecule has 160 valence electrons. The molecule has 2 rings (SSSR count). The van der Waals surface area contributed by atoms with Gasteiger partial charge in [0.15, 0.2) is 0 Å². The summed E-state index contributed by atoms with van der Waals surface area (Å²) in [4.78, 5) is 0. The highest BCUT2D eigenvalue weighted by Crippen LogP contribution is 2.55. The lowest BCUT2D eigenvalue weighted by Gasteiger charge is -2.38. The van der Waals surface area contributed by atoms with E-state index in [1.54, 1.807) is 28.4 Å². The molecule has 0 aliphatic carbocycles. The van der Waals surface area contributed by atoms with Crippen molar-refractivity contribution in [1.29, 1.82) is 0 Å². The minimum Gasteiger partial charge on any atom is -0.388 e. The van der Waals surface area contributed by atoms with Crippen molar-refractivity contribution in [3.05, 3.63) is 71.8 Å². The molecule has 0 heterocycles. The summed E-state index contributed by atoms with van der Waals surface area (Å²) in [6.45, 7) is 0. The maximum Gasteiger partial charge on any atom is 0.411 e. The lowest BCUT2D eigenvalue weighted by molar-refractivity contribution is -0.288. The van der Waals surface area contributed by atoms with Crippen LogP contribution in [0.2, 0.25) is 0 Å². The van der Waals surface area contributed by atoms with Crippen LogP contribution < -0.4 is 0 Å². The second-order valence-corrected chi connectivity index (χ2v) is 5.29. The third kappa shape index (κ3) is 6.53. The summed E-state index contributed by atoms with van der Waals surface area (Å²) in [5.41, 5.74) is -5.74. The van der Waals surface area contributed by atoms with Crippen molar-refractivity contribution in [2.45, 2.75) is 25.2 Å². The molecule has 0 fully saturated rings. The zero-order chi connectivity index (χ0) is 21.1. The van der Waals surface area contributed by atoms with E-state index in [4.69, 9.17) is 0 Å². The molecule has 0 saturated carbocycles. The Morgan fingerprint density at radius 3 is 0.929 bits per heavy atom. The van der Waals surface area contributed by atoms with Crippen LogP contribution in [0.5, 0.6) is 0 Å². The highest BCUT2D eigenvalue weighted by Gasteiger charge is 2.72. The topological polar surface area (TPSA) is 18.5 Å². The number of benzene rings is 2. The average molecular weight is 412 g/mol. The molecule has 0 saturated heterocycles. The van der Waals surface area contributed by atoms with Crippen LogP contribution in [0, 0.1) is 0 Å². The highest BCUT2D eigenvalue weighted by molar-refractivity contribution is 5.43. The first-order valence-electron chi connectivity index (χ1n) is 7.59. The van der Waals surface area contributed by atoms with Crippen LogP contribution in [0.4, 0.5) is 26.3 Å². The van der Waals surface area contributed by atoms with E-state index < -0.39 is 28.9 Å². The zero-order valence-electron chi connectivity index (χ0n) is 15.4. The van der Waals surface area contributed by atoms with E-state index in [2.05, 4.69) is 9.47 Å². The Bertz CT molecular complexity index is 567. The van der Waals surface area contributed by atoms with Crippen molar-refractivity contribution in [2.24, 2.45) is 0 Å². The summed E-state index contributed by atoms with van der Waals surface area (Å²) >= 11 is 0. The Morgan fingerprint density at radius 1 is 0.536 bits per heavy atom. The third-order valence-corrected chi connectivity index (χ3v) is 3.26. The monoisotopic (exact) mass is 412 g/mol. The standard InChI is InChI=1S/C15H10F6.2C2H6O.CH4/c16-14(17,18)13(15(19,20)21,11-7-3-1-4-8-11)12-9-5-2-6-10-12;2*1-3-2;/h1-10H;2*1-2H3;1H4. The largest absolute Gasteiger partial charge is 0.411 e. The van der Waals surface area contributed by atoms with E-state index in [0.717, 1.165) is 48.5 Å². The first kappa shape index (κ1) is 28.2. The Hall–Kier alpha value is -2.06. The Balaban J connectivity index is 0. The molecule has 8 heteroatoms. The van der Waals surface area contributed by atoms with Gasteiger partial charge in [-0.05, 0) is 11.1 Å². The molecule has 0 aromatic heterocycles. The summed E-state index contributed by atoms with van der Waals surface area (Å²) in [5.74, 6) is 0. The lowest BCUT2D eigenvalue weighted by atomic mass is 9.73. The summed E-state index contributed by atoms with van der Waals surface area (Å²) < 4.78 is 89.6. The highest BCUT2D eigenvalue weighted by atomic mass is 19.4. The maximum atomic E-state index is 13.5. The summed E-state index contributed by atoms with van der Waals surface area (Å²) in [7, 11) is 6.50. The van der Waals surface area contributed by atoms with E-state index in [-0.39, 0.29) is 7.43 Å². The zero-order valence-corrected chi connectivity index (χ0v) is 15.4. The molecule has 2 nitrogen and oxygen atoms in total. The van der Waals surface area contributed by atoms with Crippen LogP contribution in [0.3, 0.4) is 0 Å². The van der Waals surface area contributed by atoms with Crippen molar-refractivity contribution < 1.29 is 35.8 Å². The van der Waals surface area contributed by atoms with Crippen LogP contribution >= 0.6 is 0 Å². The quantitative estimate of drug-likeness (QED) is 0.542. The van der Waals surface area contributed by atoms with Crippen LogP contribution in [-0.2, 0) is 14.9 Å². The molecule has 0 N–H and O–H groups in total. The summed E-state index contributed by atoms with van der Waals surface area (Å²) in [6.07, 6.45) is -11.0. The number of rotatable bonds is 2. The first-order chi connectivity index (χ1) is 12.5. The van der Waals surface area contributed by atoms with Gasteiger partial charge in [0.25, 0.3) is 0 Å². The van der Waals surface area contributed by atoms with E-state index in [0.29, 0.717) is 0 Å².